The van der Waals surface area contributed by atoms with Crippen molar-refractivity contribution in [3.8, 4) is 0 Å². The Bertz CT molecular complexity index is 705. The van der Waals surface area contributed by atoms with Crippen LogP contribution in [0, 0.1) is 0 Å². The van der Waals surface area contributed by atoms with Gasteiger partial charge in [-0.15, -0.1) is 0 Å². The molecule has 0 aliphatic carbocycles. The fraction of sp³-hybridized carbons (Fsp3) is 0.0769. The minimum Gasteiger partial charge on any atom is -0.399 e. The second-order valence-electron chi connectivity index (χ2n) is 4.00. The number of sulfone groups is 1. The molecule has 6 heteroatoms. The minimum absolute atomic E-state index is 0.173. The molecule has 2 rings (SSSR count). The number of anilines is 1. The smallest absolute Gasteiger partial charge is 0.206 e. The number of hydrogen-bond donors (Lipinski definition) is 1. The molecule has 1 atom stereocenters. The monoisotopic (exact) mass is 295 g/mol. The Morgan fingerprint density at radius 2 is 1.32 bits per heavy atom. The van der Waals surface area contributed by atoms with Crippen LogP contribution in [0.2, 0.25) is 0 Å². The van der Waals surface area contributed by atoms with Gasteiger partial charge in [-0.25, -0.2) is 8.42 Å². The predicted molar refractivity (Wildman–Crippen MR) is 75.1 cm³/mol. The first kappa shape index (κ1) is 13.8. The second-order valence-corrected chi connectivity index (χ2v) is 7.33. The summed E-state index contributed by atoms with van der Waals surface area (Å²) in [5, 5.41) is 0. The lowest BCUT2D eigenvalue weighted by molar-refractivity contribution is 0.596. The number of benzene rings is 2. The Balaban J connectivity index is 2.44. The predicted octanol–water partition coefficient (Wildman–Crippen LogP) is 1.84. The molecular weight excluding hydrogens is 282 g/mol. The fourth-order valence-corrected chi connectivity index (χ4v) is 3.37. The van der Waals surface area contributed by atoms with E-state index >= 15 is 0 Å². The van der Waals surface area contributed by atoms with E-state index in [1.54, 1.807) is 30.5 Å². The van der Waals surface area contributed by atoms with Crippen molar-refractivity contribution >= 4 is 26.3 Å². The molecular formula is C13H13NO3S2. The summed E-state index contributed by atoms with van der Waals surface area (Å²) in [5.41, 5.74) is 6.04. The number of hydrogen-bond acceptors (Lipinski definition) is 4. The largest absolute Gasteiger partial charge is 0.399 e. The molecule has 0 fully saturated rings. The zero-order valence-electron chi connectivity index (χ0n) is 10.2. The minimum atomic E-state index is -3.55. The van der Waals surface area contributed by atoms with Gasteiger partial charge in [-0.2, -0.15) is 0 Å². The van der Waals surface area contributed by atoms with Crippen molar-refractivity contribution in [2.24, 2.45) is 0 Å². The van der Waals surface area contributed by atoms with Crippen LogP contribution >= 0.6 is 0 Å². The number of nitrogen functional groups attached to an aromatic ring is 1. The Hall–Kier alpha value is -1.66. The van der Waals surface area contributed by atoms with E-state index in [1.165, 1.54) is 24.3 Å². The van der Waals surface area contributed by atoms with E-state index in [4.69, 9.17) is 5.73 Å². The van der Waals surface area contributed by atoms with Gasteiger partial charge < -0.3 is 5.73 Å². The molecule has 0 heterocycles. The maximum Gasteiger partial charge on any atom is 0.206 e. The third-order valence-corrected chi connectivity index (χ3v) is 5.38. The maximum absolute atomic E-state index is 12.3. The highest BCUT2D eigenvalue weighted by Crippen LogP contribution is 2.22. The van der Waals surface area contributed by atoms with E-state index in [0.717, 1.165) is 0 Å². The van der Waals surface area contributed by atoms with Crippen molar-refractivity contribution < 1.29 is 12.6 Å². The fourth-order valence-electron chi connectivity index (χ4n) is 1.59. The highest BCUT2D eigenvalue weighted by Gasteiger charge is 2.17. The van der Waals surface area contributed by atoms with Gasteiger partial charge >= 0.3 is 0 Å². The van der Waals surface area contributed by atoms with Gasteiger partial charge in [-0.3, -0.25) is 4.21 Å². The van der Waals surface area contributed by atoms with Crippen LogP contribution in [-0.2, 0) is 20.6 Å². The van der Waals surface area contributed by atoms with E-state index in [-0.39, 0.29) is 9.79 Å². The third-order valence-electron chi connectivity index (χ3n) is 2.66. The molecule has 19 heavy (non-hydrogen) atoms. The van der Waals surface area contributed by atoms with Gasteiger partial charge in [0.1, 0.15) is 0 Å². The van der Waals surface area contributed by atoms with Gasteiger partial charge in [-0.1, -0.05) is 0 Å². The van der Waals surface area contributed by atoms with E-state index < -0.39 is 20.6 Å². The molecule has 0 amide bonds. The van der Waals surface area contributed by atoms with Crippen LogP contribution in [0.25, 0.3) is 0 Å². The molecule has 2 aromatic carbocycles. The van der Waals surface area contributed by atoms with Crippen LogP contribution in [0.15, 0.2) is 63.2 Å². The van der Waals surface area contributed by atoms with Crippen LogP contribution < -0.4 is 5.73 Å². The van der Waals surface area contributed by atoms with Crippen LogP contribution in [0.4, 0.5) is 5.69 Å². The number of nitrogens with two attached hydrogens (primary N) is 1. The molecule has 0 radical (unpaired) electrons. The summed E-state index contributed by atoms with van der Waals surface area (Å²) in [6.45, 7) is 0. The first-order valence-corrected chi connectivity index (χ1v) is 8.49. The highest BCUT2D eigenvalue weighted by molar-refractivity contribution is 7.91. The summed E-state index contributed by atoms with van der Waals surface area (Å²) in [6, 6.07) is 12.1. The second kappa shape index (κ2) is 5.14. The summed E-state index contributed by atoms with van der Waals surface area (Å²) >= 11 is 0. The molecule has 2 aromatic rings. The first-order chi connectivity index (χ1) is 8.91. The van der Waals surface area contributed by atoms with Gasteiger partial charge in [0.25, 0.3) is 0 Å². The lowest BCUT2D eigenvalue weighted by Crippen LogP contribution is -2.02. The zero-order chi connectivity index (χ0) is 14.0. The summed E-state index contributed by atoms with van der Waals surface area (Å²) in [4.78, 5) is 0.954. The quantitative estimate of drug-likeness (QED) is 0.876. The molecule has 1 unspecified atom stereocenters. The van der Waals surface area contributed by atoms with Crippen molar-refractivity contribution in [3.05, 3.63) is 48.5 Å². The normalized spacial score (nSPS) is 13.1. The lowest BCUT2D eigenvalue weighted by atomic mass is 10.3. The summed E-state index contributed by atoms with van der Waals surface area (Å²) in [6.07, 6.45) is 1.55. The van der Waals surface area contributed by atoms with Gasteiger partial charge in [-0.05, 0) is 48.5 Å². The van der Waals surface area contributed by atoms with Gasteiger partial charge in [0.15, 0.2) is 0 Å². The average Bonchev–Trinajstić information content (AvgIpc) is 2.39. The first-order valence-electron chi connectivity index (χ1n) is 5.45. The van der Waals surface area contributed by atoms with E-state index in [9.17, 15) is 12.6 Å². The van der Waals surface area contributed by atoms with Crippen molar-refractivity contribution in [1.82, 2.24) is 0 Å². The molecule has 0 saturated heterocycles. The van der Waals surface area contributed by atoms with Crippen molar-refractivity contribution in [1.29, 1.82) is 0 Å². The van der Waals surface area contributed by atoms with Crippen LogP contribution in [0.5, 0.6) is 0 Å². The Morgan fingerprint density at radius 3 is 1.74 bits per heavy atom. The topological polar surface area (TPSA) is 77.2 Å². The summed E-state index contributed by atoms with van der Waals surface area (Å²) in [7, 11) is -4.68. The van der Waals surface area contributed by atoms with Crippen molar-refractivity contribution in [2.75, 3.05) is 12.0 Å². The van der Waals surface area contributed by atoms with Crippen molar-refractivity contribution in [3.63, 3.8) is 0 Å². The number of rotatable bonds is 3. The molecule has 0 aliphatic rings. The molecule has 0 saturated carbocycles. The van der Waals surface area contributed by atoms with E-state index in [0.29, 0.717) is 10.6 Å². The summed E-state index contributed by atoms with van der Waals surface area (Å²) < 4.78 is 35.9. The highest BCUT2D eigenvalue weighted by atomic mass is 32.2. The molecule has 0 spiro atoms. The molecule has 0 bridgehead atoms. The maximum atomic E-state index is 12.3. The van der Waals surface area contributed by atoms with Gasteiger partial charge in [0, 0.05) is 27.6 Å². The van der Waals surface area contributed by atoms with Gasteiger partial charge in [0.05, 0.1) is 9.79 Å². The molecule has 0 aromatic heterocycles. The van der Waals surface area contributed by atoms with Crippen LogP contribution in [0.3, 0.4) is 0 Å². The van der Waals surface area contributed by atoms with Crippen LogP contribution in [0.1, 0.15) is 0 Å². The molecule has 2 N–H and O–H groups in total. The molecule has 0 aliphatic heterocycles. The Labute approximate surface area is 114 Å². The standard InChI is InChI=1S/C13H13NO3S2/c1-18(15)11-4-8-13(9-5-11)19(16,17)12-6-2-10(14)3-7-12/h2-9H,14H2,1H3. The van der Waals surface area contributed by atoms with Crippen molar-refractivity contribution in [2.45, 2.75) is 14.7 Å². The van der Waals surface area contributed by atoms with E-state index in [2.05, 4.69) is 0 Å². The summed E-state index contributed by atoms with van der Waals surface area (Å²) in [5.74, 6) is 0. The lowest BCUT2D eigenvalue weighted by Gasteiger charge is -2.05. The Morgan fingerprint density at radius 1 is 0.895 bits per heavy atom. The third kappa shape index (κ3) is 2.85. The molecule has 4 nitrogen and oxygen atoms in total. The van der Waals surface area contributed by atoms with Gasteiger partial charge in [0.2, 0.25) is 9.84 Å². The van der Waals surface area contributed by atoms with Crippen LogP contribution in [-0.4, -0.2) is 18.9 Å². The average molecular weight is 295 g/mol. The Kier molecular flexibility index (Phi) is 3.73. The van der Waals surface area contributed by atoms with E-state index in [1.807, 2.05) is 0 Å². The zero-order valence-corrected chi connectivity index (χ0v) is 11.9. The molecule has 100 valence electrons. The SMILES string of the molecule is CS(=O)c1ccc(S(=O)(=O)c2ccc(N)cc2)cc1.